The van der Waals surface area contributed by atoms with Gasteiger partial charge in [-0.05, 0) is 31.4 Å². The van der Waals surface area contributed by atoms with Crippen LogP contribution in [-0.4, -0.2) is 11.0 Å². The minimum Gasteiger partial charge on any atom is -0.470 e. The van der Waals surface area contributed by atoms with E-state index < -0.39 is 0 Å². The smallest absolute Gasteiger partial charge is 0.214 e. The number of rotatable bonds is 6. The van der Waals surface area contributed by atoms with Crippen molar-refractivity contribution >= 4 is 0 Å². The van der Waals surface area contributed by atoms with Gasteiger partial charge in [0.2, 0.25) is 5.88 Å². The summed E-state index contributed by atoms with van der Waals surface area (Å²) in [4.78, 5) is 4.55. The highest BCUT2D eigenvalue weighted by atomic mass is 16.5. The molecule has 104 valence electrons. The van der Waals surface area contributed by atoms with E-state index in [1.54, 1.807) is 0 Å². The molecule has 1 unspecified atom stereocenters. The first-order chi connectivity index (χ1) is 9.81. The first kappa shape index (κ1) is 13.1. The largest absolute Gasteiger partial charge is 0.470 e. The van der Waals surface area contributed by atoms with Crippen LogP contribution < -0.4 is 10.1 Å². The molecule has 0 amide bonds. The predicted octanol–water partition coefficient (Wildman–Crippen LogP) is 3.47. The van der Waals surface area contributed by atoms with Crippen molar-refractivity contribution in [3.05, 3.63) is 59.8 Å². The van der Waals surface area contributed by atoms with Gasteiger partial charge in [-0.15, -0.1) is 0 Å². The van der Waals surface area contributed by atoms with E-state index in [4.69, 9.17) is 4.74 Å². The van der Waals surface area contributed by atoms with Crippen LogP contribution in [0.5, 0.6) is 5.88 Å². The van der Waals surface area contributed by atoms with Crippen molar-refractivity contribution in [1.29, 1.82) is 0 Å². The number of aromatic nitrogens is 1. The summed E-state index contributed by atoms with van der Waals surface area (Å²) < 4.78 is 5.92. The third kappa shape index (κ3) is 3.58. The van der Waals surface area contributed by atoms with Gasteiger partial charge in [-0.1, -0.05) is 36.4 Å². The molecule has 1 fully saturated rings. The lowest BCUT2D eigenvalue weighted by molar-refractivity contribution is 0.217. The molecule has 0 radical (unpaired) electrons. The Morgan fingerprint density at radius 1 is 1.15 bits per heavy atom. The van der Waals surface area contributed by atoms with E-state index in [1.807, 2.05) is 43.3 Å². The van der Waals surface area contributed by atoms with E-state index in [0.717, 1.165) is 17.8 Å². The summed E-state index contributed by atoms with van der Waals surface area (Å²) in [6, 6.07) is 16.9. The van der Waals surface area contributed by atoms with E-state index in [-0.39, 0.29) is 6.10 Å². The Morgan fingerprint density at radius 3 is 2.70 bits per heavy atom. The van der Waals surface area contributed by atoms with Gasteiger partial charge in [0.1, 0.15) is 6.10 Å². The summed E-state index contributed by atoms with van der Waals surface area (Å²) in [7, 11) is 0. The third-order valence-electron chi connectivity index (χ3n) is 3.50. The maximum atomic E-state index is 5.92. The van der Waals surface area contributed by atoms with Gasteiger partial charge in [-0.25, -0.2) is 4.98 Å². The Balaban J connectivity index is 1.62. The summed E-state index contributed by atoms with van der Waals surface area (Å²) in [5, 5.41) is 3.47. The van der Waals surface area contributed by atoms with Crippen LogP contribution in [0.25, 0.3) is 0 Å². The number of benzene rings is 1. The van der Waals surface area contributed by atoms with E-state index in [9.17, 15) is 0 Å². The van der Waals surface area contributed by atoms with Crippen molar-refractivity contribution in [1.82, 2.24) is 10.3 Å². The topological polar surface area (TPSA) is 34.1 Å². The van der Waals surface area contributed by atoms with Crippen molar-refractivity contribution in [2.45, 2.75) is 38.5 Å². The summed E-state index contributed by atoms with van der Waals surface area (Å²) in [6.07, 6.45) is 2.60. The fourth-order valence-electron chi connectivity index (χ4n) is 2.13. The Kier molecular flexibility index (Phi) is 3.97. The fraction of sp³-hybridized carbons (Fsp3) is 0.353. The molecule has 1 aliphatic rings. The molecule has 3 heteroatoms. The lowest BCUT2D eigenvalue weighted by atomic mass is 10.1. The number of hydrogen-bond donors (Lipinski definition) is 1. The number of pyridine rings is 1. The Labute approximate surface area is 120 Å². The predicted molar refractivity (Wildman–Crippen MR) is 79.6 cm³/mol. The maximum absolute atomic E-state index is 5.92. The highest BCUT2D eigenvalue weighted by molar-refractivity contribution is 5.20. The minimum absolute atomic E-state index is 0.00958. The van der Waals surface area contributed by atoms with Crippen molar-refractivity contribution in [2.24, 2.45) is 0 Å². The molecule has 3 rings (SSSR count). The lowest BCUT2D eigenvalue weighted by Gasteiger charge is -2.14. The quantitative estimate of drug-likeness (QED) is 0.871. The second-order valence-corrected chi connectivity index (χ2v) is 5.29. The molecule has 0 bridgehead atoms. The Bertz CT molecular complexity index is 552. The van der Waals surface area contributed by atoms with E-state index >= 15 is 0 Å². The molecule has 1 heterocycles. The highest BCUT2D eigenvalue weighted by Crippen LogP contribution is 2.21. The summed E-state index contributed by atoms with van der Waals surface area (Å²) in [5.41, 5.74) is 2.20. The van der Waals surface area contributed by atoms with Gasteiger partial charge in [-0.2, -0.15) is 0 Å². The number of hydrogen-bond acceptors (Lipinski definition) is 3. The first-order valence-corrected chi connectivity index (χ1v) is 7.22. The monoisotopic (exact) mass is 268 g/mol. The highest BCUT2D eigenvalue weighted by Gasteiger charge is 2.20. The number of ether oxygens (including phenoxy) is 1. The molecule has 1 aromatic heterocycles. The Hall–Kier alpha value is -1.87. The van der Waals surface area contributed by atoms with Gasteiger partial charge in [0.05, 0.1) is 5.69 Å². The molecule has 1 saturated carbocycles. The number of nitrogens with zero attached hydrogens (tertiary/aromatic N) is 1. The average Bonchev–Trinajstić information content (AvgIpc) is 3.31. The fourth-order valence-corrected chi connectivity index (χ4v) is 2.13. The van der Waals surface area contributed by atoms with Gasteiger partial charge < -0.3 is 10.1 Å². The lowest BCUT2D eigenvalue weighted by Crippen LogP contribution is -2.16. The van der Waals surface area contributed by atoms with Gasteiger partial charge in [0, 0.05) is 18.7 Å². The second kappa shape index (κ2) is 6.06. The van der Waals surface area contributed by atoms with E-state index in [2.05, 4.69) is 22.4 Å². The zero-order valence-electron chi connectivity index (χ0n) is 11.8. The molecule has 2 aromatic rings. The van der Waals surface area contributed by atoms with Crippen LogP contribution >= 0.6 is 0 Å². The molecule has 0 spiro atoms. The van der Waals surface area contributed by atoms with E-state index in [1.165, 1.54) is 12.8 Å². The van der Waals surface area contributed by atoms with E-state index in [0.29, 0.717) is 11.9 Å². The molecule has 1 aliphatic carbocycles. The third-order valence-corrected chi connectivity index (χ3v) is 3.50. The SMILES string of the molecule is CC(Oc1cccc(CNC2CC2)n1)c1ccccc1. The van der Waals surface area contributed by atoms with Crippen LogP contribution in [0.3, 0.4) is 0 Å². The standard InChI is InChI=1S/C17H20N2O/c1-13(14-6-3-2-4-7-14)20-17-9-5-8-16(19-17)12-18-15-10-11-15/h2-9,13,15,18H,10-12H2,1H3. The molecular formula is C17H20N2O. The summed E-state index contributed by atoms with van der Waals surface area (Å²) >= 11 is 0. The molecule has 0 saturated heterocycles. The normalized spacial score (nSPS) is 15.8. The van der Waals surface area contributed by atoms with Crippen LogP contribution in [-0.2, 0) is 6.54 Å². The summed E-state index contributed by atoms with van der Waals surface area (Å²) in [6.45, 7) is 2.87. The Morgan fingerprint density at radius 2 is 1.95 bits per heavy atom. The number of nitrogens with one attached hydrogen (secondary N) is 1. The van der Waals surface area contributed by atoms with Crippen LogP contribution in [0.15, 0.2) is 48.5 Å². The van der Waals surface area contributed by atoms with Crippen LogP contribution in [0.1, 0.15) is 37.1 Å². The maximum Gasteiger partial charge on any atom is 0.214 e. The molecule has 20 heavy (non-hydrogen) atoms. The molecule has 1 N–H and O–H groups in total. The van der Waals surface area contributed by atoms with Gasteiger partial charge in [0.25, 0.3) is 0 Å². The first-order valence-electron chi connectivity index (χ1n) is 7.22. The average molecular weight is 268 g/mol. The van der Waals surface area contributed by atoms with Crippen LogP contribution in [0.4, 0.5) is 0 Å². The molecule has 1 atom stereocenters. The zero-order valence-corrected chi connectivity index (χ0v) is 11.8. The zero-order chi connectivity index (χ0) is 13.8. The molecular weight excluding hydrogens is 248 g/mol. The van der Waals surface area contributed by atoms with Crippen molar-refractivity contribution < 1.29 is 4.74 Å². The molecule has 0 aliphatic heterocycles. The van der Waals surface area contributed by atoms with Crippen molar-refractivity contribution in [3.63, 3.8) is 0 Å². The van der Waals surface area contributed by atoms with Crippen LogP contribution in [0, 0.1) is 0 Å². The van der Waals surface area contributed by atoms with Crippen LogP contribution in [0.2, 0.25) is 0 Å². The molecule has 3 nitrogen and oxygen atoms in total. The van der Waals surface area contributed by atoms with Gasteiger partial charge >= 0.3 is 0 Å². The summed E-state index contributed by atoms with van der Waals surface area (Å²) in [5.74, 6) is 0.691. The second-order valence-electron chi connectivity index (χ2n) is 5.29. The molecule has 1 aromatic carbocycles. The van der Waals surface area contributed by atoms with Crippen molar-refractivity contribution in [2.75, 3.05) is 0 Å². The van der Waals surface area contributed by atoms with Crippen molar-refractivity contribution in [3.8, 4) is 5.88 Å². The van der Waals surface area contributed by atoms with Gasteiger partial charge in [0.15, 0.2) is 0 Å². The van der Waals surface area contributed by atoms with Gasteiger partial charge in [-0.3, -0.25) is 0 Å². The minimum atomic E-state index is 0.00958.